The molecule has 0 spiro atoms. The van der Waals surface area contributed by atoms with E-state index in [1.165, 1.54) is 12.1 Å². The van der Waals surface area contributed by atoms with Crippen LogP contribution in [0.3, 0.4) is 0 Å². The molecular weight excluding hydrogens is 489 g/mol. The molecule has 0 N–H and O–H groups in total. The van der Waals surface area contributed by atoms with Gasteiger partial charge in [0.05, 0.1) is 29.3 Å². The van der Waals surface area contributed by atoms with Crippen molar-refractivity contribution in [3.05, 3.63) is 88.4 Å². The molecule has 33 heavy (non-hydrogen) atoms. The third-order valence-corrected chi connectivity index (χ3v) is 6.22. The third-order valence-electron chi connectivity index (χ3n) is 5.72. The standard InChI is InChI=1S/C25H21BrFN3O3/c1-16(17-5-8-19(27)9-6-17)30-23-13-18(26)7-10-22(23)28-24(30)15-33-21-4-2-3-20(14-21)29-11-12-32-25(29)31/h2-10,13-14,16H,11-12,15H2,1H3/t16-/m0/s1. The molecule has 1 saturated heterocycles. The van der Waals surface area contributed by atoms with Crippen LogP contribution in [0, 0.1) is 5.82 Å². The largest absolute Gasteiger partial charge is 0.486 e. The van der Waals surface area contributed by atoms with Crippen LogP contribution in [0.25, 0.3) is 11.0 Å². The maximum absolute atomic E-state index is 13.5. The minimum Gasteiger partial charge on any atom is -0.486 e. The lowest BCUT2D eigenvalue weighted by atomic mass is 10.1. The Morgan fingerprint density at radius 1 is 1.15 bits per heavy atom. The maximum Gasteiger partial charge on any atom is 0.414 e. The van der Waals surface area contributed by atoms with E-state index in [1.54, 1.807) is 17.0 Å². The molecule has 0 unspecified atom stereocenters. The fourth-order valence-corrected chi connectivity index (χ4v) is 4.41. The Bertz CT molecular complexity index is 1320. The predicted molar refractivity (Wildman–Crippen MR) is 127 cm³/mol. The van der Waals surface area contributed by atoms with Crippen LogP contribution in [0.15, 0.2) is 71.2 Å². The van der Waals surface area contributed by atoms with E-state index in [9.17, 15) is 9.18 Å². The van der Waals surface area contributed by atoms with Gasteiger partial charge in [-0.1, -0.05) is 34.1 Å². The van der Waals surface area contributed by atoms with Gasteiger partial charge in [0.1, 0.15) is 30.6 Å². The Kier molecular flexibility index (Phi) is 5.76. The van der Waals surface area contributed by atoms with Crippen molar-refractivity contribution in [3.8, 4) is 5.75 Å². The molecule has 2 heterocycles. The highest BCUT2D eigenvalue weighted by Crippen LogP contribution is 2.30. The minimum atomic E-state index is -0.354. The van der Waals surface area contributed by atoms with Crippen molar-refractivity contribution in [3.63, 3.8) is 0 Å². The number of halogens is 2. The van der Waals surface area contributed by atoms with Crippen LogP contribution >= 0.6 is 15.9 Å². The summed E-state index contributed by atoms with van der Waals surface area (Å²) in [5, 5.41) is 0. The number of nitrogens with zero attached hydrogens (tertiary/aromatic N) is 3. The zero-order valence-electron chi connectivity index (χ0n) is 17.9. The quantitative estimate of drug-likeness (QED) is 0.316. The molecule has 0 radical (unpaired) electrons. The molecule has 0 saturated carbocycles. The summed E-state index contributed by atoms with van der Waals surface area (Å²) in [5.41, 5.74) is 3.49. The number of cyclic esters (lactones) is 1. The molecule has 1 aromatic heterocycles. The van der Waals surface area contributed by atoms with Crippen molar-refractivity contribution in [2.24, 2.45) is 0 Å². The minimum absolute atomic E-state index is 0.0887. The van der Waals surface area contributed by atoms with Crippen molar-refractivity contribution in [1.82, 2.24) is 9.55 Å². The van der Waals surface area contributed by atoms with Crippen LogP contribution in [-0.2, 0) is 11.3 Å². The van der Waals surface area contributed by atoms with E-state index in [2.05, 4.69) is 27.4 Å². The van der Waals surface area contributed by atoms with Gasteiger partial charge in [0.25, 0.3) is 0 Å². The Morgan fingerprint density at radius 2 is 1.97 bits per heavy atom. The molecule has 1 fully saturated rings. The average molecular weight is 510 g/mol. The first kappa shape index (κ1) is 21.5. The van der Waals surface area contributed by atoms with Crippen LogP contribution in [0.4, 0.5) is 14.9 Å². The normalized spacial score (nSPS) is 14.5. The van der Waals surface area contributed by atoms with Crippen LogP contribution in [0.1, 0.15) is 24.4 Å². The van der Waals surface area contributed by atoms with Gasteiger partial charge in [0, 0.05) is 10.5 Å². The van der Waals surface area contributed by atoms with Crippen molar-refractivity contribution in [2.45, 2.75) is 19.6 Å². The number of benzene rings is 3. The number of aromatic nitrogens is 2. The van der Waals surface area contributed by atoms with Gasteiger partial charge < -0.3 is 14.0 Å². The molecule has 6 nitrogen and oxygen atoms in total. The highest BCUT2D eigenvalue weighted by molar-refractivity contribution is 9.10. The van der Waals surface area contributed by atoms with E-state index in [1.807, 2.05) is 42.5 Å². The van der Waals surface area contributed by atoms with Gasteiger partial charge >= 0.3 is 6.09 Å². The molecule has 8 heteroatoms. The first-order valence-electron chi connectivity index (χ1n) is 10.6. The van der Waals surface area contributed by atoms with E-state index >= 15 is 0 Å². The zero-order valence-corrected chi connectivity index (χ0v) is 19.5. The molecule has 0 bridgehead atoms. The monoisotopic (exact) mass is 509 g/mol. The van der Waals surface area contributed by atoms with Gasteiger partial charge in [-0.2, -0.15) is 0 Å². The molecule has 1 aliphatic rings. The van der Waals surface area contributed by atoms with Gasteiger partial charge in [-0.15, -0.1) is 0 Å². The third kappa shape index (κ3) is 4.30. The van der Waals surface area contributed by atoms with Gasteiger partial charge in [-0.25, -0.2) is 14.2 Å². The Labute approximate surface area is 198 Å². The number of hydrogen-bond acceptors (Lipinski definition) is 4. The van der Waals surface area contributed by atoms with Crippen molar-refractivity contribution in [2.75, 3.05) is 18.1 Å². The first-order valence-corrected chi connectivity index (χ1v) is 11.4. The fourth-order valence-electron chi connectivity index (χ4n) is 4.06. The molecule has 0 aliphatic carbocycles. The van der Waals surface area contributed by atoms with E-state index in [4.69, 9.17) is 14.5 Å². The van der Waals surface area contributed by atoms with Gasteiger partial charge in [-0.05, 0) is 55.0 Å². The number of rotatable bonds is 6. The van der Waals surface area contributed by atoms with Crippen LogP contribution < -0.4 is 9.64 Å². The number of fused-ring (bicyclic) bond motifs is 1. The van der Waals surface area contributed by atoms with Crippen LogP contribution in [0.5, 0.6) is 5.75 Å². The summed E-state index contributed by atoms with van der Waals surface area (Å²) in [6.45, 7) is 3.18. The number of imidazole rings is 1. The summed E-state index contributed by atoms with van der Waals surface area (Å²) < 4.78 is 27.7. The van der Waals surface area contributed by atoms with E-state index in [0.717, 1.165) is 32.6 Å². The number of anilines is 1. The maximum atomic E-state index is 13.5. The predicted octanol–water partition coefficient (Wildman–Crippen LogP) is 6.08. The molecule has 5 rings (SSSR count). The Morgan fingerprint density at radius 3 is 2.73 bits per heavy atom. The second kappa shape index (κ2) is 8.86. The highest BCUT2D eigenvalue weighted by Gasteiger charge is 2.24. The fraction of sp³-hybridized carbons (Fsp3) is 0.200. The number of ether oxygens (including phenoxy) is 2. The molecule has 1 amide bonds. The zero-order chi connectivity index (χ0) is 22.9. The lowest BCUT2D eigenvalue weighted by Crippen LogP contribution is -2.23. The van der Waals surface area contributed by atoms with Gasteiger partial charge in [-0.3, -0.25) is 4.90 Å². The number of hydrogen-bond donors (Lipinski definition) is 0. The summed E-state index contributed by atoms with van der Waals surface area (Å²) in [5.74, 6) is 1.10. The summed E-state index contributed by atoms with van der Waals surface area (Å²) in [6, 6.07) is 19.7. The van der Waals surface area contributed by atoms with E-state index in [-0.39, 0.29) is 24.6 Å². The van der Waals surface area contributed by atoms with E-state index in [0.29, 0.717) is 18.9 Å². The molecular formula is C25H21BrFN3O3. The molecule has 4 aromatic rings. The van der Waals surface area contributed by atoms with E-state index < -0.39 is 0 Å². The van der Waals surface area contributed by atoms with Crippen molar-refractivity contribution >= 4 is 38.7 Å². The Balaban J connectivity index is 1.46. The summed E-state index contributed by atoms with van der Waals surface area (Å²) >= 11 is 3.55. The molecule has 1 aliphatic heterocycles. The number of carbonyl (C=O) groups excluding carboxylic acids is 1. The number of amides is 1. The summed E-state index contributed by atoms with van der Waals surface area (Å²) in [6.07, 6.45) is -0.354. The van der Waals surface area contributed by atoms with Gasteiger partial charge in [0.15, 0.2) is 0 Å². The molecule has 3 aromatic carbocycles. The van der Waals surface area contributed by atoms with Crippen LogP contribution in [-0.4, -0.2) is 28.8 Å². The highest BCUT2D eigenvalue weighted by atomic mass is 79.9. The Hall–Kier alpha value is -3.39. The smallest absolute Gasteiger partial charge is 0.414 e. The number of carbonyl (C=O) groups is 1. The van der Waals surface area contributed by atoms with Crippen LogP contribution in [0.2, 0.25) is 0 Å². The van der Waals surface area contributed by atoms with Gasteiger partial charge in [0.2, 0.25) is 0 Å². The molecule has 168 valence electrons. The van der Waals surface area contributed by atoms with Crippen molar-refractivity contribution < 1.29 is 18.7 Å². The van der Waals surface area contributed by atoms with Crippen molar-refractivity contribution in [1.29, 1.82) is 0 Å². The second-order valence-electron chi connectivity index (χ2n) is 7.81. The lowest BCUT2D eigenvalue weighted by molar-refractivity contribution is 0.181. The second-order valence-corrected chi connectivity index (χ2v) is 8.73. The SMILES string of the molecule is C[C@@H](c1ccc(F)cc1)n1c(COc2cccc(N3CCOC3=O)c2)nc2ccc(Br)cc21. The molecule has 1 atom stereocenters. The first-order chi connectivity index (χ1) is 16.0. The summed E-state index contributed by atoms with van der Waals surface area (Å²) in [4.78, 5) is 18.3. The lowest BCUT2D eigenvalue weighted by Gasteiger charge is -2.19. The summed E-state index contributed by atoms with van der Waals surface area (Å²) in [7, 11) is 0. The average Bonchev–Trinajstić information content (AvgIpc) is 3.40. The topological polar surface area (TPSA) is 56.6 Å².